The highest BCUT2D eigenvalue weighted by Crippen LogP contribution is 2.35. The molecule has 0 aliphatic heterocycles. The Morgan fingerprint density at radius 2 is 2.06 bits per heavy atom. The molecule has 1 aliphatic carbocycles. The van der Waals surface area contributed by atoms with Gasteiger partial charge in [-0.25, -0.2) is 9.37 Å². The first kappa shape index (κ1) is 22.2. The van der Waals surface area contributed by atoms with Gasteiger partial charge in [-0.3, -0.25) is 15.5 Å². The second kappa shape index (κ2) is 9.63. The molecule has 168 valence electrons. The molecule has 1 amide bonds. The van der Waals surface area contributed by atoms with E-state index >= 15 is 0 Å². The van der Waals surface area contributed by atoms with Crippen LogP contribution in [0.5, 0.6) is 0 Å². The summed E-state index contributed by atoms with van der Waals surface area (Å²) in [6.07, 6.45) is 5.92. The van der Waals surface area contributed by atoms with Crippen LogP contribution in [0.1, 0.15) is 53.3 Å². The van der Waals surface area contributed by atoms with E-state index < -0.39 is 11.7 Å². The van der Waals surface area contributed by atoms with Crippen molar-refractivity contribution in [2.45, 2.75) is 48.3 Å². The maximum atomic E-state index is 14.7. The average molecular weight is 459 g/mol. The minimum Gasteiger partial charge on any atom is -0.388 e. The number of nitrogens with zero attached hydrogens (tertiary/aromatic N) is 4. The van der Waals surface area contributed by atoms with Crippen LogP contribution in [0, 0.1) is 5.82 Å². The molecule has 1 aliphatic rings. The maximum absolute atomic E-state index is 14.7. The van der Waals surface area contributed by atoms with E-state index in [1.807, 2.05) is 5.48 Å². The van der Waals surface area contributed by atoms with Gasteiger partial charge in [0.2, 0.25) is 0 Å². The van der Waals surface area contributed by atoms with Crippen molar-refractivity contribution in [2.24, 2.45) is 7.05 Å². The third kappa shape index (κ3) is 4.59. The Morgan fingerprint density at radius 1 is 1.28 bits per heavy atom. The van der Waals surface area contributed by atoms with Crippen LogP contribution in [-0.4, -0.2) is 36.0 Å². The molecule has 32 heavy (non-hydrogen) atoms. The van der Waals surface area contributed by atoms with Gasteiger partial charge in [-0.05, 0) is 60.4 Å². The van der Waals surface area contributed by atoms with Crippen molar-refractivity contribution in [3.05, 3.63) is 53.2 Å². The van der Waals surface area contributed by atoms with Gasteiger partial charge >= 0.3 is 0 Å². The average Bonchev–Trinajstić information content (AvgIpc) is 3.46. The SMILES string of the molecule is Cn1c(CO)nnc1Sc1ccc(NO)cc1C(=O)Nc1ncc(C2CCCC2)cc1F. The summed E-state index contributed by atoms with van der Waals surface area (Å²) in [5.74, 6) is -0.646. The number of amides is 1. The number of nitrogens with one attached hydrogen (secondary N) is 2. The van der Waals surface area contributed by atoms with E-state index in [0.717, 1.165) is 43.0 Å². The molecule has 1 aromatic carbocycles. The zero-order chi connectivity index (χ0) is 22.7. The first-order valence-corrected chi connectivity index (χ1v) is 11.0. The predicted molar refractivity (Wildman–Crippen MR) is 116 cm³/mol. The Labute approximate surface area is 188 Å². The fourth-order valence-electron chi connectivity index (χ4n) is 3.74. The van der Waals surface area contributed by atoms with Crippen LogP contribution >= 0.6 is 11.8 Å². The summed E-state index contributed by atoms with van der Waals surface area (Å²) in [7, 11) is 1.70. The van der Waals surface area contributed by atoms with Crippen molar-refractivity contribution in [3.8, 4) is 0 Å². The fraction of sp³-hybridized carbons (Fsp3) is 0.333. The minimum absolute atomic E-state index is 0.156. The first-order valence-electron chi connectivity index (χ1n) is 10.2. The number of aliphatic hydroxyl groups is 1. The highest BCUT2D eigenvalue weighted by Gasteiger charge is 2.21. The standard InChI is InChI=1S/C21H23FN6O3S/c1-28-18(11-29)25-26-21(28)32-17-7-6-14(27-31)9-15(17)20(30)24-19-16(22)8-13(10-23-19)12-4-2-3-5-12/h6-10,12,27,29,31H,2-5,11H2,1H3,(H,23,24,30). The summed E-state index contributed by atoms with van der Waals surface area (Å²) < 4.78 is 16.3. The van der Waals surface area contributed by atoms with Crippen LogP contribution in [0.25, 0.3) is 0 Å². The lowest BCUT2D eigenvalue weighted by atomic mass is 9.99. The summed E-state index contributed by atoms with van der Waals surface area (Å²) in [4.78, 5) is 17.7. The van der Waals surface area contributed by atoms with Gasteiger partial charge in [-0.1, -0.05) is 12.8 Å². The van der Waals surface area contributed by atoms with Gasteiger partial charge in [0, 0.05) is 18.1 Å². The summed E-state index contributed by atoms with van der Waals surface area (Å²) in [6.45, 7) is -0.271. The molecule has 9 nitrogen and oxygen atoms in total. The molecule has 2 aromatic heterocycles. The third-order valence-corrected chi connectivity index (χ3v) is 6.66. The lowest BCUT2D eigenvalue weighted by Crippen LogP contribution is -2.16. The molecule has 0 atom stereocenters. The molecule has 0 unspecified atom stereocenters. The molecule has 0 radical (unpaired) electrons. The molecule has 4 N–H and O–H groups in total. The molecule has 0 bridgehead atoms. The number of aromatic nitrogens is 4. The molecule has 3 aromatic rings. The molecule has 1 saturated carbocycles. The Balaban J connectivity index is 1.59. The molecule has 2 heterocycles. The van der Waals surface area contributed by atoms with Gasteiger partial charge < -0.3 is 15.0 Å². The van der Waals surface area contributed by atoms with Gasteiger partial charge in [0.1, 0.15) is 6.61 Å². The van der Waals surface area contributed by atoms with Gasteiger partial charge in [-0.2, -0.15) is 0 Å². The van der Waals surface area contributed by atoms with Crippen LogP contribution in [0.2, 0.25) is 0 Å². The molecular weight excluding hydrogens is 435 g/mol. The molecule has 1 fully saturated rings. The van der Waals surface area contributed by atoms with Gasteiger partial charge in [0.05, 0.1) is 11.3 Å². The van der Waals surface area contributed by atoms with Crippen LogP contribution < -0.4 is 10.8 Å². The van der Waals surface area contributed by atoms with E-state index in [9.17, 15) is 19.5 Å². The van der Waals surface area contributed by atoms with Gasteiger partial charge in [-0.15, -0.1) is 10.2 Å². The van der Waals surface area contributed by atoms with E-state index in [0.29, 0.717) is 27.5 Å². The van der Waals surface area contributed by atoms with E-state index in [1.165, 1.54) is 12.1 Å². The predicted octanol–water partition coefficient (Wildman–Crippen LogP) is 3.70. The highest BCUT2D eigenvalue weighted by molar-refractivity contribution is 7.99. The summed E-state index contributed by atoms with van der Waals surface area (Å²) in [5.41, 5.74) is 3.33. The number of aliphatic hydroxyl groups excluding tert-OH is 1. The second-order valence-electron chi connectivity index (χ2n) is 7.58. The smallest absolute Gasteiger partial charge is 0.258 e. The van der Waals surface area contributed by atoms with E-state index in [1.54, 1.807) is 29.9 Å². The first-order chi connectivity index (χ1) is 15.5. The van der Waals surface area contributed by atoms with Crippen LogP contribution in [0.15, 0.2) is 40.5 Å². The zero-order valence-corrected chi connectivity index (χ0v) is 18.2. The number of anilines is 2. The normalized spacial score (nSPS) is 14.0. The maximum Gasteiger partial charge on any atom is 0.258 e. The third-order valence-electron chi connectivity index (χ3n) is 5.54. The number of hydrogen-bond acceptors (Lipinski definition) is 8. The van der Waals surface area contributed by atoms with Crippen molar-refractivity contribution < 1.29 is 19.5 Å². The molecule has 4 rings (SSSR count). The largest absolute Gasteiger partial charge is 0.388 e. The number of pyridine rings is 1. The lowest BCUT2D eigenvalue weighted by molar-refractivity contribution is 0.102. The minimum atomic E-state index is -0.589. The number of carbonyl (C=O) groups excluding carboxylic acids is 1. The number of halogens is 1. The van der Waals surface area contributed by atoms with Crippen LogP contribution in [-0.2, 0) is 13.7 Å². The zero-order valence-electron chi connectivity index (χ0n) is 17.4. The Bertz CT molecular complexity index is 1130. The Hall–Kier alpha value is -3.02. The van der Waals surface area contributed by atoms with Gasteiger partial charge in [0.15, 0.2) is 22.6 Å². The van der Waals surface area contributed by atoms with Crippen LogP contribution in [0.4, 0.5) is 15.9 Å². The Kier molecular flexibility index (Phi) is 6.68. The number of hydrogen-bond donors (Lipinski definition) is 4. The van der Waals surface area contributed by atoms with E-state index in [2.05, 4.69) is 20.5 Å². The second-order valence-corrected chi connectivity index (χ2v) is 8.58. The van der Waals surface area contributed by atoms with Gasteiger partial charge in [0.25, 0.3) is 5.91 Å². The van der Waals surface area contributed by atoms with E-state index in [-0.39, 0.29) is 18.0 Å². The summed E-state index contributed by atoms with van der Waals surface area (Å²) in [5, 5.41) is 29.5. The molecular formula is C21H23FN6O3S. The Morgan fingerprint density at radius 3 is 2.72 bits per heavy atom. The van der Waals surface area contributed by atoms with Crippen molar-refractivity contribution in [1.29, 1.82) is 0 Å². The van der Waals surface area contributed by atoms with Crippen molar-refractivity contribution in [1.82, 2.24) is 19.7 Å². The molecule has 0 saturated heterocycles. The summed E-state index contributed by atoms with van der Waals surface area (Å²) in [6, 6.07) is 6.08. The molecule has 11 heteroatoms. The monoisotopic (exact) mass is 458 g/mol. The van der Waals surface area contributed by atoms with Crippen molar-refractivity contribution in [3.63, 3.8) is 0 Å². The quantitative estimate of drug-likeness (QED) is 0.395. The van der Waals surface area contributed by atoms with E-state index in [4.69, 9.17) is 0 Å². The lowest BCUT2D eigenvalue weighted by Gasteiger charge is -2.13. The van der Waals surface area contributed by atoms with Crippen molar-refractivity contribution in [2.75, 3.05) is 10.8 Å². The highest BCUT2D eigenvalue weighted by atomic mass is 32.2. The van der Waals surface area contributed by atoms with Crippen LogP contribution in [0.3, 0.4) is 0 Å². The number of carbonyl (C=O) groups is 1. The fourth-order valence-corrected chi connectivity index (χ4v) is 4.66. The number of benzene rings is 1. The molecule has 0 spiro atoms. The topological polar surface area (TPSA) is 125 Å². The van der Waals surface area contributed by atoms with Crippen molar-refractivity contribution >= 4 is 29.2 Å². The number of rotatable bonds is 7. The summed E-state index contributed by atoms with van der Waals surface area (Å²) >= 11 is 1.15.